The van der Waals surface area contributed by atoms with Crippen LogP contribution in [0.3, 0.4) is 0 Å². The number of nitrogens with two attached hydrogens (primary N) is 1. The monoisotopic (exact) mass is 363 g/mol. The van der Waals surface area contributed by atoms with Gasteiger partial charge in [-0.2, -0.15) is 0 Å². The first-order chi connectivity index (χ1) is 11.3. The number of halogens is 1. The fraction of sp³-hybridized carbons (Fsp3) is 0.700. The van der Waals surface area contributed by atoms with Crippen LogP contribution in [0.2, 0.25) is 0 Å². The lowest BCUT2D eigenvalue weighted by atomic mass is 9.43. The lowest BCUT2D eigenvalue weighted by molar-refractivity contribution is -0.199. The second-order valence-electron chi connectivity index (χ2n) is 8.97. The zero-order valence-electron chi connectivity index (χ0n) is 15.8. The molecule has 4 fully saturated rings. The minimum Gasteiger partial charge on any atom is -0.404 e. The van der Waals surface area contributed by atoms with Crippen LogP contribution in [-0.4, -0.2) is 24.8 Å². The fourth-order valence-electron chi connectivity index (χ4n) is 5.43. The first kappa shape index (κ1) is 19.2. The van der Waals surface area contributed by atoms with Crippen molar-refractivity contribution in [3.05, 3.63) is 35.4 Å². The van der Waals surface area contributed by atoms with E-state index in [0.717, 1.165) is 25.2 Å². The molecule has 4 aliphatic rings. The highest BCUT2D eigenvalue weighted by Crippen LogP contribution is 2.65. The summed E-state index contributed by atoms with van der Waals surface area (Å²) in [5, 5.41) is 0. The molecule has 5 atom stereocenters. The maximum atomic E-state index is 6.47. The minimum atomic E-state index is -0.251. The van der Waals surface area contributed by atoms with Gasteiger partial charge in [0.15, 0.2) is 0 Å². The summed E-state index contributed by atoms with van der Waals surface area (Å²) < 4.78 is 12.8. The van der Waals surface area contributed by atoms with E-state index in [-0.39, 0.29) is 37.2 Å². The lowest BCUT2D eigenvalue weighted by Gasteiger charge is -2.64. The predicted molar refractivity (Wildman–Crippen MR) is 105 cm³/mol. The van der Waals surface area contributed by atoms with Gasteiger partial charge in [-0.3, -0.25) is 0 Å². The van der Waals surface area contributed by atoms with Gasteiger partial charge in [-0.1, -0.05) is 38.1 Å². The number of rotatable bonds is 4. The zero-order chi connectivity index (χ0) is 17.1. The predicted octanol–water partition coefficient (Wildman–Crippen LogP) is 3.94. The summed E-state index contributed by atoms with van der Waals surface area (Å²) in [4.78, 5) is 0. The van der Waals surface area contributed by atoms with Crippen molar-refractivity contribution in [2.75, 3.05) is 0 Å². The van der Waals surface area contributed by atoms with Crippen LogP contribution >= 0.6 is 12.4 Å². The Hall–Kier alpha value is -0.545. The van der Waals surface area contributed by atoms with E-state index in [0.29, 0.717) is 11.3 Å². The van der Waals surface area contributed by atoms with Gasteiger partial charge in [-0.15, -0.1) is 12.4 Å². The van der Waals surface area contributed by atoms with E-state index in [2.05, 4.69) is 52.0 Å². The van der Waals surface area contributed by atoms with E-state index in [1.165, 1.54) is 17.5 Å². The van der Waals surface area contributed by atoms with Crippen molar-refractivity contribution in [2.45, 2.75) is 71.0 Å². The van der Waals surface area contributed by atoms with Crippen molar-refractivity contribution in [2.24, 2.45) is 23.0 Å². The van der Waals surface area contributed by atoms with E-state index in [9.17, 15) is 0 Å². The number of hydrogen-bond acceptors (Lipinski definition) is 3. The van der Waals surface area contributed by atoms with E-state index in [1.807, 2.05) is 0 Å². The summed E-state index contributed by atoms with van der Waals surface area (Å²) in [7, 11) is -0.251. The number of hydrogen-bond donors (Lipinski definition) is 1. The molecule has 0 amide bonds. The molecule has 25 heavy (non-hydrogen) atoms. The van der Waals surface area contributed by atoms with Crippen molar-refractivity contribution < 1.29 is 9.31 Å². The summed E-state index contributed by atoms with van der Waals surface area (Å²) in [5.41, 5.74) is 9.41. The van der Waals surface area contributed by atoms with Gasteiger partial charge in [0.05, 0.1) is 11.7 Å². The molecular weight excluding hydrogens is 332 g/mol. The van der Waals surface area contributed by atoms with Gasteiger partial charge in [0.2, 0.25) is 0 Å². The quantitative estimate of drug-likeness (QED) is 0.824. The molecule has 3 aliphatic carbocycles. The Bertz CT molecular complexity index is 640. The maximum Gasteiger partial charge on any atom is 0.475 e. The molecule has 1 heterocycles. The fourth-order valence-corrected chi connectivity index (χ4v) is 5.43. The summed E-state index contributed by atoms with van der Waals surface area (Å²) in [6, 6.07) is 8.54. The zero-order valence-corrected chi connectivity index (χ0v) is 16.6. The van der Waals surface area contributed by atoms with Gasteiger partial charge in [0.1, 0.15) is 0 Å². The van der Waals surface area contributed by atoms with Crippen LogP contribution in [0.4, 0.5) is 0 Å². The third kappa shape index (κ3) is 2.95. The maximum absolute atomic E-state index is 6.47. The highest BCUT2D eigenvalue weighted by Gasteiger charge is 2.68. The topological polar surface area (TPSA) is 44.5 Å². The second kappa shape index (κ2) is 6.56. The van der Waals surface area contributed by atoms with Crippen molar-refractivity contribution in [3.63, 3.8) is 0 Å². The van der Waals surface area contributed by atoms with Crippen LogP contribution < -0.4 is 5.73 Å². The van der Waals surface area contributed by atoms with Crippen LogP contribution in [0.15, 0.2) is 24.3 Å². The van der Waals surface area contributed by atoms with Gasteiger partial charge < -0.3 is 15.0 Å². The molecule has 0 spiro atoms. The van der Waals surface area contributed by atoms with E-state index >= 15 is 0 Å². The summed E-state index contributed by atoms with van der Waals surface area (Å²) in [5.74, 6) is 1.32. The second-order valence-corrected chi connectivity index (χ2v) is 8.97. The SMILES string of the molecule is Cc1ccccc1CC[C@H](N)B1O[C@@H]2C[C@@H]3C[C@@H](C3(C)C)[C@]2(C)O1.Cl. The highest BCUT2D eigenvalue weighted by atomic mass is 35.5. The van der Waals surface area contributed by atoms with Crippen molar-refractivity contribution in [1.29, 1.82) is 0 Å². The average molecular weight is 364 g/mol. The highest BCUT2D eigenvalue weighted by molar-refractivity contribution is 6.47. The average Bonchev–Trinajstić information content (AvgIpc) is 2.90. The molecule has 138 valence electrons. The molecule has 0 unspecified atom stereocenters. The number of benzene rings is 1. The first-order valence-corrected chi connectivity index (χ1v) is 9.45. The van der Waals surface area contributed by atoms with Crippen LogP contribution in [0.25, 0.3) is 0 Å². The van der Waals surface area contributed by atoms with Crippen LogP contribution in [-0.2, 0) is 15.7 Å². The summed E-state index contributed by atoms with van der Waals surface area (Å²) in [6.45, 7) is 9.20. The third-order valence-corrected chi connectivity index (χ3v) is 7.33. The Balaban J connectivity index is 0.00000182. The van der Waals surface area contributed by atoms with Crippen molar-refractivity contribution in [3.8, 4) is 0 Å². The van der Waals surface area contributed by atoms with E-state index in [4.69, 9.17) is 15.0 Å². The Kier molecular flexibility index (Phi) is 5.05. The molecule has 2 bridgehead atoms. The molecule has 3 saturated carbocycles. The Morgan fingerprint density at radius 1 is 1.24 bits per heavy atom. The minimum absolute atomic E-state index is 0. The largest absolute Gasteiger partial charge is 0.475 e. The van der Waals surface area contributed by atoms with Crippen LogP contribution in [0.1, 0.15) is 51.2 Å². The molecule has 1 aromatic carbocycles. The van der Waals surface area contributed by atoms with Crippen LogP contribution in [0, 0.1) is 24.2 Å². The Morgan fingerprint density at radius 2 is 1.96 bits per heavy atom. The standard InChI is InChI=1S/C20H30BNO2.ClH/c1-13-7-5-6-8-14(13)9-10-18(22)21-23-17-12-15-11-16(19(15,2)3)20(17,4)24-21;/h5-8,15-18H,9-12,22H2,1-4H3;1H/t15-,16-,17+,18-,20-;/m0./s1. The van der Waals surface area contributed by atoms with Crippen molar-refractivity contribution in [1.82, 2.24) is 0 Å². The molecule has 5 heteroatoms. The van der Waals surface area contributed by atoms with Gasteiger partial charge in [0, 0.05) is 5.94 Å². The Labute approximate surface area is 158 Å². The normalized spacial score (nSPS) is 36.2. The molecule has 5 rings (SSSR count). The molecule has 2 N–H and O–H groups in total. The Morgan fingerprint density at radius 3 is 2.64 bits per heavy atom. The van der Waals surface area contributed by atoms with E-state index in [1.54, 1.807) is 0 Å². The van der Waals surface area contributed by atoms with E-state index < -0.39 is 0 Å². The molecule has 1 saturated heterocycles. The molecule has 1 aromatic rings. The van der Waals surface area contributed by atoms with Gasteiger partial charge in [-0.25, -0.2) is 0 Å². The van der Waals surface area contributed by atoms with Crippen molar-refractivity contribution >= 4 is 19.5 Å². The smallest absolute Gasteiger partial charge is 0.404 e. The summed E-state index contributed by atoms with van der Waals surface area (Å²) >= 11 is 0. The third-order valence-electron chi connectivity index (χ3n) is 7.33. The van der Waals surface area contributed by atoms with Crippen LogP contribution in [0.5, 0.6) is 0 Å². The first-order valence-electron chi connectivity index (χ1n) is 9.45. The molecular formula is C20H31BClNO2. The number of aryl methyl sites for hydroxylation is 2. The van der Waals surface area contributed by atoms with Gasteiger partial charge >= 0.3 is 7.12 Å². The lowest BCUT2D eigenvalue weighted by Crippen LogP contribution is -2.65. The van der Waals surface area contributed by atoms with Gasteiger partial charge in [-0.05, 0) is 67.9 Å². The summed E-state index contributed by atoms with van der Waals surface area (Å²) in [6.07, 6.45) is 4.52. The molecule has 1 aliphatic heterocycles. The molecule has 0 radical (unpaired) electrons. The van der Waals surface area contributed by atoms with Gasteiger partial charge in [0.25, 0.3) is 0 Å². The molecule has 3 nitrogen and oxygen atoms in total. The molecule has 0 aromatic heterocycles.